The fraction of sp³-hybridized carbons (Fsp3) is 0.400. The molecule has 1 heterocycles. The van der Waals surface area contributed by atoms with Gasteiger partial charge in [0.15, 0.2) is 0 Å². The third-order valence-electron chi connectivity index (χ3n) is 4.32. The normalized spacial score (nSPS) is 14.0. The second kappa shape index (κ2) is 9.75. The highest BCUT2D eigenvalue weighted by Crippen LogP contribution is 2.24. The summed E-state index contributed by atoms with van der Waals surface area (Å²) in [7, 11) is 0. The first-order chi connectivity index (χ1) is 13.2. The van der Waals surface area contributed by atoms with Gasteiger partial charge in [-0.3, -0.25) is 0 Å². The number of nitrogens with one attached hydrogen (secondary N) is 2. The molecule has 1 saturated carbocycles. The van der Waals surface area contributed by atoms with Crippen molar-refractivity contribution in [3.63, 3.8) is 0 Å². The predicted octanol–water partition coefficient (Wildman–Crippen LogP) is 3.42. The van der Waals surface area contributed by atoms with Gasteiger partial charge < -0.3 is 20.1 Å². The summed E-state index contributed by atoms with van der Waals surface area (Å²) in [4.78, 5) is 16.2. The minimum atomic E-state index is -0.356. The van der Waals surface area contributed by atoms with Crippen LogP contribution in [0.5, 0.6) is 11.6 Å². The first kappa shape index (κ1) is 18.9. The monoisotopic (exact) mass is 373 g/mol. The number of ether oxygens (including phenoxy) is 2. The minimum Gasteiger partial charge on any atom is -0.492 e. The molecule has 0 unspecified atom stereocenters. The summed E-state index contributed by atoms with van der Waals surface area (Å²) in [6.45, 7) is 0.882. The number of benzene rings is 1. The molecule has 2 aromatic rings. The van der Waals surface area contributed by atoms with Crippen LogP contribution >= 0.6 is 0 Å². The van der Waals surface area contributed by atoms with Gasteiger partial charge in [0.2, 0.25) is 5.88 Å². The lowest BCUT2D eigenvalue weighted by Crippen LogP contribution is -2.37. The van der Waals surface area contributed by atoms with Crippen LogP contribution in [0.1, 0.15) is 31.2 Å². The molecule has 0 radical (unpaired) electrons. The van der Waals surface area contributed by atoms with Gasteiger partial charge in [-0.15, -0.1) is 0 Å². The molecule has 1 fully saturated rings. The maximum atomic E-state index is 13.1. The third-order valence-corrected chi connectivity index (χ3v) is 4.32. The average Bonchev–Trinajstić information content (AvgIpc) is 3.18. The predicted molar refractivity (Wildman–Crippen MR) is 99.3 cm³/mol. The molecule has 7 heteroatoms. The highest BCUT2D eigenvalue weighted by molar-refractivity contribution is 5.73. The van der Waals surface area contributed by atoms with Crippen molar-refractivity contribution in [1.82, 2.24) is 15.6 Å². The van der Waals surface area contributed by atoms with Crippen LogP contribution in [-0.2, 0) is 6.54 Å². The molecule has 0 aliphatic heterocycles. The van der Waals surface area contributed by atoms with Gasteiger partial charge in [0.25, 0.3) is 0 Å². The highest BCUT2D eigenvalue weighted by atomic mass is 19.1. The van der Waals surface area contributed by atoms with E-state index in [0.29, 0.717) is 24.7 Å². The van der Waals surface area contributed by atoms with E-state index in [1.165, 1.54) is 25.0 Å². The number of aromatic nitrogens is 1. The largest absolute Gasteiger partial charge is 0.492 e. The second-order valence-corrected chi connectivity index (χ2v) is 6.41. The zero-order valence-electron chi connectivity index (χ0n) is 15.1. The van der Waals surface area contributed by atoms with Gasteiger partial charge in [-0.1, -0.05) is 12.1 Å². The first-order valence-electron chi connectivity index (χ1n) is 9.21. The molecule has 27 heavy (non-hydrogen) atoms. The summed E-state index contributed by atoms with van der Waals surface area (Å²) < 4.78 is 24.4. The Kier molecular flexibility index (Phi) is 6.84. The van der Waals surface area contributed by atoms with Crippen molar-refractivity contribution in [2.45, 2.75) is 38.3 Å². The van der Waals surface area contributed by atoms with E-state index in [9.17, 15) is 9.18 Å². The Bertz CT molecular complexity index is 751. The van der Waals surface area contributed by atoms with Crippen LogP contribution in [0, 0.1) is 5.82 Å². The second-order valence-electron chi connectivity index (χ2n) is 6.41. The summed E-state index contributed by atoms with van der Waals surface area (Å²) in [6.07, 6.45) is 6.38. The van der Waals surface area contributed by atoms with Gasteiger partial charge in [0, 0.05) is 24.4 Å². The van der Waals surface area contributed by atoms with Gasteiger partial charge in [0.05, 0.1) is 6.54 Å². The van der Waals surface area contributed by atoms with E-state index < -0.39 is 0 Å². The SMILES string of the molecule is O=C(NCCOc1cccc(F)c1)NCc1cccnc1OC1CCCC1. The number of urea groups is 1. The lowest BCUT2D eigenvalue weighted by Gasteiger charge is -2.15. The maximum Gasteiger partial charge on any atom is 0.315 e. The Morgan fingerprint density at radius 3 is 2.85 bits per heavy atom. The average molecular weight is 373 g/mol. The summed E-state index contributed by atoms with van der Waals surface area (Å²) in [5, 5.41) is 5.49. The lowest BCUT2D eigenvalue weighted by molar-refractivity contribution is 0.198. The van der Waals surface area contributed by atoms with Crippen molar-refractivity contribution in [2.24, 2.45) is 0 Å². The Balaban J connectivity index is 1.38. The molecule has 0 bridgehead atoms. The lowest BCUT2D eigenvalue weighted by atomic mass is 10.2. The number of carbonyl (C=O) groups excluding carboxylic acids is 1. The van der Waals surface area contributed by atoms with Crippen LogP contribution in [0.25, 0.3) is 0 Å². The quantitative estimate of drug-likeness (QED) is 0.696. The van der Waals surface area contributed by atoms with Gasteiger partial charge >= 0.3 is 6.03 Å². The fourth-order valence-electron chi connectivity index (χ4n) is 2.96. The molecule has 1 aromatic heterocycles. The van der Waals surface area contributed by atoms with Crippen molar-refractivity contribution in [2.75, 3.05) is 13.2 Å². The minimum absolute atomic E-state index is 0.215. The number of hydrogen-bond donors (Lipinski definition) is 2. The van der Waals surface area contributed by atoms with Crippen LogP contribution in [0.2, 0.25) is 0 Å². The van der Waals surface area contributed by atoms with Crippen LogP contribution in [0.3, 0.4) is 0 Å². The van der Waals surface area contributed by atoms with E-state index >= 15 is 0 Å². The molecule has 144 valence electrons. The molecule has 3 rings (SSSR count). The number of rotatable bonds is 8. The number of halogens is 1. The molecular weight excluding hydrogens is 349 g/mol. The van der Waals surface area contributed by atoms with Crippen molar-refractivity contribution in [1.29, 1.82) is 0 Å². The summed E-state index contributed by atoms with van der Waals surface area (Å²) >= 11 is 0. The van der Waals surface area contributed by atoms with Crippen LogP contribution in [-0.4, -0.2) is 30.3 Å². The van der Waals surface area contributed by atoms with E-state index in [0.717, 1.165) is 18.4 Å². The number of pyridine rings is 1. The van der Waals surface area contributed by atoms with E-state index in [1.807, 2.05) is 12.1 Å². The van der Waals surface area contributed by atoms with Crippen LogP contribution in [0.15, 0.2) is 42.6 Å². The number of carbonyl (C=O) groups is 1. The van der Waals surface area contributed by atoms with E-state index in [-0.39, 0.29) is 24.6 Å². The first-order valence-corrected chi connectivity index (χ1v) is 9.21. The number of hydrogen-bond acceptors (Lipinski definition) is 4. The topological polar surface area (TPSA) is 72.5 Å². The number of nitrogens with zero attached hydrogens (tertiary/aromatic N) is 1. The van der Waals surface area contributed by atoms with Gasteiger partial charge in [0.1, 0.15) is 24.3 Å². The van der Waals surface area contributed by atoms with Crippen molar-refractivity contribution >= 4 is 6.03 Å². The van der Waals surface area contributed by atoms with E-state index in [2.05, 4.69) is 15.6 Å². The summed E-state index contributed by atoms with van der Waals surface area (Å²) in [5.41, 5.74) is 0.843. The molecule has 2 amide bonds. The highest BCUT2D eigenvalue weighted by Gasteiger charge is 2.18. The molecule has 6 nitrogen and oxygen atoms in total. The Morgan fingerprint density at radius 1 is 1.19 bits per heavy atom. The van der Waals surface area contributed by atoms with Crippen LogP contribution < -0.4 is 20.1 Å². The molecule has 1 aromatic carbocycles. The van der Waals surface area contributed by atoms with E-state index in [1.54, 1.807) is 18.3 Å². The standard InChI is InChI=1S/C20H24FN3O3/c21-16-6-3-9-18(13-16)26-12-11-23-20(25)24-14-15-5-4-10-22-19(15)27-17-7-1-2-8-17/h3-6,9-10,13,17H,1-2,7-8,11-12,14H2,(H2,23,24,25). The Labute approximate surface area is 158 Å². The smallest absolute Gasteiger partial charge is 0.315 e. The molecule has 0 spiro atoms. The zero-order chi connectivity index (χ0) is 18.9. The number of amides is 2. The molecule has 1 aliphatic carbocycles. The van der Waals surface area contributed by atoms with Crippen molar-refractivity contribution in [3.05, 3.63) is 54.0 Å². The maximum absolute atomic E-state index is 13.1. The molecule has 0 atom stereocenters. The molecule has 2 N–H and O–H groups in total. The molecular formula is C20H24FN3O3. The summed E-state index contributed by atoms with van der Waals surface area (Å²) in [6, 6.07) is 9.29. The Morgan fingerprint density at radius 2 is 2.04 bits per heavy atom. The third kappa shape index (κ3) is 6.13. The fourth-order valence-corrected chi connectivity index (χ4v) is 2.96. The summed E-state index contributed by atoms with van der Waals surface area (Å²) in [5.74, 6) is 0.658. The van der Waals surface area contributed by atoms with Crippen LogP contribution in [0.4, 0.5) is 9.18 Å². The van der Waals surface area contributed by atoms with Gasteiger partial charge in [-0.2, -0.15) is 0 Å². The van der Waals surface area contributed by atoms with Crippen molar-refractivity contribution in [3.8, 4) is 11.6 Å². The molecule has 1 aliphatic rings. The molecule has 0 saturated heterocycles. The Hall–Kier alpha value is -2.83. The van der Waals surface area contributed by atoms with Gasteiger partial charge in [-0.25, -0.2) is 14.2 Å². The van der Waals surface area contributed by atoms with E-state index in [4.69, 9.17) is 9.47 Å². The van der Waals surface area contributed by atoms with Crippen molar-refractivity contribution < 1.29 is 18.7 Å². The van der Waals surface area contributed by atoms with Gasteiger partial charge in [-0.05, 0) is 43.9 Å². The zero-order valence-corrected chi connectivity index (χ0v) is 15.1.